The van der Waals surface area contributed by atoms with Gasteiger partial charge in [0.25, 0.3) is 11.7 Å². The van der Waals surface area contributed by atoms with E-state index in [1.807, 2.05) is 38.1 Å². The second-order valence-electron chi connectivity index (χ2n) is 7.89. The van der Waals surface area contributed by atoms with Gasteiger partial charge in [-0.1, -0.05) is 43.7 Å². The first-order valence-electron chi connectivity index (χ1n) is 11.2. The zero-order valence-electron chi connectivity index (χ0n) is 19.3. The van der Waals surface area contributed by atoms with Crippen LogP contribution in [0.1, 0.15) is 43.5 Å². The number of aryl methyl sites for hydroxylation is 1. The minimum absolute atomic E-state index is 0.129. The Morgan fingerprint density at radius 3 is 2.34 bits per heavy atom. The van der Waals surface area contributed by atoms with E-state index in [1.165, 1.54) is 0 Å². The first-order valence-corrected chi connectivity index (χ1v) is 11.2. The van der Waals surface area contributed by atoms with Gasteiger partial charge in [-0.05, 0) is 56.8 Å². The smallest absolute Gasteiger partial charge is 0.295 e. The zero-order valence-corrected chi connectivity index (χ0v) is 19.3. The first-order chi connectivity index (χ1) is 15.4. The minimum Gasteiger partial charge on any atom is -0.507 e. The average molecular weight is 437 g/mol. The Kier molecular flexibility index (Phi) is 7.70. The molecule has 1 aliphatic heterocycles. The van der Waals surface area contributed by atoms with Gasteiger partial charge >= 0.3 is 0 Å². The van der Waals surface area contributed by atoms with Gasteiger partial charge in [-0.3, -0.25) is 9.59 Å². The van der Waals surface area contributed by atoms with Crippen LogP contribution >= 0.6 is 0 Å². The third kappa shape index (κ3) is 4.86. The fourth-order valence-corrected chi connectivity index (χ4v) is 4.12. The molecule has 1 amide bonds. The highest BCUT2D eigenvalue weighted by molar-refractivity contribution is 6.46. The van der Waals surface area contributed by atoms with Gasteiger partial charge in [0, 0.05) is 18.7 Å². The summed E-state index contributed by atoms with van der Waals surface area (Å²) in [5.74, 6) is -0.708. The Labute approximate surface area is 190 Å². The Bertz CT molecular complexity index is 993. The van der Waals surface area contributed by atoms with E-state index in [0.717, 1.165) is 24.2 Å². The molecule has 1 fully saturated rings. The Morgan fingerprint density at radius 1 is 1.06 bits per heavy atom. The third-order valence-electron chi connectivity index (χ3n) is 5.89. The zero-order chi connectivity index (χ0) is 23.3. The SMILES string of the molecule is CCOc1ccc(/C(O)=C2/C(=O)C(=O)N(CCN(CC)CC)C2c2cccc(C)c2)cc1. The summed E-state index contributed by atoms with van der Waals surface area (Å²) >= 11 is 0. The van der Waals surface area contributed by atoms with Gasteiger partial charge in [0.1, 0.15) is 11.5 Å². The molecule has 6 heteroatoms. The number of hydrogen-bond donors (Lipinski definition) is 1. The number of likely N-dealkylation sites (N-methyl/N-ethyl adjacent to an activating group) is 1. The number of carbonyl (C=O) groups excluding carboxylic acids is 2. The summed E-state index contributed by atoms with van der Waals surface area (Å²) in [6.07, 6.45) is 0. The van der Waals surface area contributed by atoms with Crippen molar-refractivity contribution in [2.45, 2.75) is 33.7 Å². The summed E-state index contributed by atoms with van der Waals surface area (Å²) in [6.45, 7) is 11.3. The quantitative estimate of drug-likeness (QED) is 0.363. The Hall–Kier alpha value is -3.12. The van der Waals surface area contributed by atoms with Crippen LogP contribution in [0.3, 0.4) is 0 Å². The number of nitrogens with zero attached hydrogens (tertiary/aromatic N) is 2. The number of Topliss-reactive ketones (excluding diaryl/α,β-unsaturated/α-hetero) is 1. The number of hydrogen-bond acceptors (Lipinski definition) is 5. The van der Waals surface area contributed by atoms with Crippen LogP contribution in [-0.4, -0.2) is 59.4 Å². The van der Waals surface area contributed by atoms with Gasteiger partial charge in [0.15, 0.2) is 0 Å². The fourth-order valence-electron chi connectivity index (χ4n) is 4.12. The van der Waals surface area contributed by atoms with Crippen molar-refractivity contribution in [1.82, 2.24) is 9.80 Å². The lowest BCUT2D eigenvalue weighted by Crippen LogP contribution is -2.38. The summed E-state index contributed by atoms with van der Waals surface area (Å²) in [7, 11) is 0. The van der Waals surface area contributed by atoms with Crippen molar-refractivity contribution in [3.63, 3.8) is 0 Å². The van der Waals surface area contributed by atoms with Crippen LogP contribution in [0.25, 0.3) is 5.76 Å². The monoisotopic (exact) mass is 436 g/mol. The number of likely N-dealkylation sites (tertiary alicyclic amines) is 1. The Balaban J connectivity index is 2.06. The second kappa shape index (κ2) is 10.5. The maximum absolute atomic E-state index is 13.1. The van der Waals surface area contributed by atoms with Gasteiger partial charge in [0.2, 0.25) is 0 Å². The van der Waals surface area contributed by atoms with Gasteiger partial charge in [0.05, 0.1) is 18.2 Å². The van der Waals surface area contributed by atoms with Crippen LogP contribution in [0.2, 0.25) is 0 Å². The largest absolute Gasteiger partial charge is 0.507 e. The summed E-state index contributed by atoms with van der Waals surface area (Å²) in [5.41, 5.74) is 2.45. The first kappa shape index (κ1) is 23.5. The molecule has 0 saturated carbocycles. The lowest BCUT2D eigenvalue weighted by atomic mass is 9.94. The molecule has 170 valence electrons. The highest BCUT2D eigenvalue weighted by Crippen LogP contribution is 2.39. The van der Waals surface area contributed by atoms with Crippen molar-refractivity contribution in [3.05, 3.63) is 70.8 Å². The fraction of sp³-hybridized carbons (Fsp3) is 0.385. The highest BCUT2D eigenvalue weighted by Gasteiger charge is 2.45. The predicted octanol–water partition coefficient (Wildman–Crippen LogP) is 4.16. The second-order valence-corrected chi connectivity index (χ2v) is 7.89. The lowest BCUT2D eigenvalue weighted by molar-refractivity contribution is -0.140. The van der Waals surface area contributed by atoms with Gasteiger partial charge in [-0.2, -0.15) is 0 Å². The van der Waals surface area contributed by atoms with Crippen molar-refractivity contribution in [2.75, 3.05) is 32.8 Å². The van der Waals surface area contributed by atoms with Gasteiger partial charge in [-0.15, -0.1) is 0 Å². The molecular weight excluding hydrogens is 404 g/mol. The average Bonchev–Trinajstić information content (AvgIpc) is 3.05. The minimum atomic E-state index is -0.651. The third-order valence-corrected chi connectivity index (χ3v) is 5.89. The van der Waals surface area contributed by atoms with E-state index >= 15 is 0 Å². The molecule has 3 rings (SSSR count). The van der Waals surface area contributed by atoms with Crippen LogP contribution < -0.4 is 4.74 Å². The summed E-state index contributed by atoms with van der Waals surface area (Å²) in [4.78, 5) is 29.9. The molecule has 32 heavy (non-hydrogen) atoms. The number of benzene rings is 2. The van der Waals surface area contributed by atoms with E-state index in [4.69, 9.17) is 4.74 Å². The number of aliphatic hydroxyl groups is 1. The predicted molar refractivity (Wildman–Crippen MR) is 126 cm³/mol. The van der Waals surface area contributed by atoms with E-state index in [1.54, 1.807) is 29.2 Å². The normalized spacial score (nSPS) is 17.9. The molecule has 1 heterocycles. The standard InChI is InChI=1S/C26H32N2O4/c1-5-27(6-2)15-16-28-23(20-10-8-9-18(4)17-20)22(25(30)26(28)31)24(29)19-11-13-21(14-12-19)32-7-3/h8-14,17,23,29H,5-7,15-16H2,1-4H3/b24-22-. The number of carbonyl (C=O) groups is 2. The van der Waals surface area contributed by atoms with Crippen molar-refractivity contribution in [1.29, 1.82) is 0 Å². The Morgan fingerprint density at radius 2 is 1.75 bits per heavy atom. The molecule has 1 saturated heterocycles. The van der Waals surface area contributed by atoms with E-state index in [0.29, 0.717) is 31.0 Å². The molecular formula is C26H32N2O4. The molecule has 0 aromatic heterocycles. The number of amides is 1. The van der Waals surface area contributed by atoms with Crippen LogP contribution in [0, 0.1) is 6.92 Å². The van der Waals surface area contributed by atoms with Crippen LogP contribution in [0.5, 0.6) is 5.75 Å². The maximum atomic E-state index is 13.1. The van der Waals surface area contributed by atoms with Crippen LogP contribution in [0.15, 0.2) is 54.1 Å². The summed E-state index contributed by atoms with van der Waals surface area (Å²) in [6, 6.07) is 14.0. The van der Waals surface area contributed by atoms with E-state index < -0.39 is 17.7 Å². The van der Waals surface area contributed by atoms with E-state index in [9.17, 15) is 14.7 Å². The van der Waals surface area contributed by atoms with E-state index in [-0.39, 0.29) is 11.3 Å². The number of aliphatic hydroxyl groups excluding tert-OH is 1. The molecule has 1 atom stereocenters. The molecule has 0 bridgehead atoms. The van der Waals surface area contributed by atoms with Crippen LogP contribution in [0.4, 0.5) is 0 Å². The van der Waals surface area contributed by atoms with Crippen molar-refractivity contribution in [2.24, 2.45) is 0 Å². The molecule has 1 N–H and O–H groups in total. The number of rotatable bonds is 9. The van der Waals surface area contributed by atoms with Gasteiger partial charge in [-0.25, -0.2) is 0 Å². The van der Waals surface area contributed by atoms with Crippen molar-refractivity contribution in [3.8, 4) is 5.75 Å². The van der Waals surface area contributed by atoms with E-state index in [2.05, 4.69) is 18.7 Å². The summed E-state index contributed by atoms with van der Waals surface area (Å²) < 4.78 is 5.47. The van der Waals surface area contributed by atoms with Gasteiger partial charge < -0.3 is 19.6 Å². The van der Waals surface area contributed by atoms with Crippen molar-refractivity contribution >= 4 is 17.4 Å². The molecule has 1 unspecified atom stereocenters. The van der Waals surface area contributed by atoms with Crippen LogP contribution in [-0.2, 0) is 9.59 Å². The molecule has 1 aliphatic rings. The maximum Gasteiger partial charge on any atom is 0.295 e. The lowest BCUT2D eigenvalue weighted by Gasteiger charge is -2.28. The topological polar surface area (TPSA) is 70.1 Å². The highest BCUT2D eigenvalue weighted by atomic mass is 16.5. The molecule has 6 nitrogen and oxygen atoms in total. The molecule has 0 spiro atoms. The molecule has 2 aromatic carbocycles. The summed E-state index contributed by atoms with van der Waals surface area (Å²) in [5, 5.41) is 11.1. The number of ketones is 1. The van der Waals surface area contributed by atoms with Crippen molar-refractivity contribution < 1.29 is 19.4 Å². The molecule has 2 aromatic rings. The molecule has 0 radical (unpaired) electrons. The number of ether oxygens (including phenoxy) is 1. The molecule has 0 aliphatic carbocycles.